The van der Waals surface area contributed by atoms with Gasteiger partial charge in [-0.2, -0.15) is 0 Å². The molecule has 0 radical (unpaired) electrons. The first-order chi connectivity index (χ1) is 4.30. The SMILES string of the molecule is CC1C=CCCOC1C. The second-order valence-electron chi connectivity index (χ2n) is 2.65. The molecule has 1 nitrogen and oxygen atoms in total. The Kier molecular flexibility index (Phi) is 2.29. The van der Waals surface area contributed by atoms with E-state index in [1.54, 1.807) is 0 Å². The molecule has 0 aromatic rings. The minimum absolute atomic E-state index is 0.406. The predicted octanol–water partition coefficient (Wildman–Crippen LogP) is 1.99. The Balaban J connectivity index is 2.46. The summed E-state index contributed by atoms with van der Waals surface area (Å²) in [6.45, 7) is 5.20. The molecule has 2 atom stereocenters. The molecule has 0 aliphatic carbocycles. The van der Waals surface area contributed by atoms with Crippen LogP contribution < -0.4 is 0 Å². The summed E-state index contributed by atoms with van der Waals surface area (Å²) >= 11 is 0. The minimum atomic E-state index is 0.406. The highest BCUT2D eigenvalue weighted by molar-refractivity contribution is 4.91. The number of hydrogen-bond donors (Lipinski definition) is 0. The van der Waals surface area contributed by atoms with Crippen LogP contribution in [-0.2, 0) is 4.74 Å². The Morgan fingerprint density at radius 3 is 3.00 bits per heavy atom. The monoisotopic (exact) mass is 126 g/mol. The van der Waals surface area contributed by atoms with Crippen LogP contribution in [-0.4, -0.2) is 12.7 Å². The van der Waals surface area contributed by atoms with Crippen molar-refractivity contribution in [1.29, 1.82) is 0 Å². The maximum atomic E-state index is 5.45. The minimum Gasteiger partial charge on any atom is -0.378 e. The first-order valence-electron chi connectivity index (χ1n) is 3.59. The van der Waals surface area contributed by atoms with E-state index in [-0.39, 0.29) is 0 Å². The molecule has 0 bridgehead atoms. The maximum absolute atomic E-state index is 5.45. The average Bonchev–Trinajstić information content (AvgIpc) is 1.99. The number of hydrogen-bond acceptors (Lipinski definition) is 1. The molecule has 0 aromatic heterocycles. The Labute approximate surface area is 56.7 Å². The molecule has 0 amide bonds. The first-order valence-corrected chi connectivity index (χ1v) is 3.59. The summed E-state index contributed by atoms with van der Waals surface area (Å²) in [4.78, 5) is 0. The average molecular weight is 126 g/mol. The van der Waals surface area contributed by atoms with Crippen molar-refractivity contribution in [2.24, 2.45) is 5.92 Å². The predicted molar refractivity (Wildman–Crippen MR) is 38.3 cm³/mol. The van der Waals surface area contributed by atoms with E-state index in [4.69, 9.17) is 4.74 Å². The lowest BCUT2D eigenvalue weighted by Gasteiger charge is -2.13. The van der Waals surface area contributed by atoms with Crippen molar-refractivity contribution in [2.45, 2.75) is 26.4 Å². The fraction of sp³-hybridized carbons (Fsp3) is 0.750. The highest BCUT2D eigenvalue weighted by Crippen LogP contribution is 2.12. The molecule has 1 rings (SSSR count). The molecule has 0 aromatic carbocycles. The van der Waals surface area contributed by atoms with Gasteiger partial charge in [0, 0.05) is 0 Å². The summed E-state index contributed by atoms with van der Waals surface area (Å²) < 4.78 is 5.45. The van der Waals surface area contributed by atoms with Gasteiger partial charge in [0.05, 0.1) is 12.7 Å². The van der Waals surface area contributed by atoms with Crippen molar-refractivity contribution in [1.82, 2.24) is 0 Å². The summed E-state index contributed by atoms with van der Waals surface area (Å²) in [7, 11) is 0. The van der Waals surface area contributed by atoms with E-state index in [0.29, 0.717) is 12.0 Å². The van der Waals surface area contributed by atoms with E-state index < -0.39 is 0 Å². The van der Waals surface area contributed by atoms with Crippen molar-refractivity contribution < 1.29 is 4.74 Å². The summed E-state index contributed by atoms with van der Waals surface area (Å²) in [6.07, 6.45) is 5.92. The van der Waals surface area contributed by atoms with Gasteiger partial charge < -0.3 is 4.74 Å². The molecule has 52 valence electrons. The molecule has 1 heteroatoms. The van der Waals surface area contributed by atoms with Crippen LogP contribution in [0.2, 0.25) is 0 Å². The molecule has 0 saturated heterocycles. The zero-order chi connectivity index (χ0) is 6.69. The van der Waals surface area contributed by atoms with Gasteiger partial charge in [-0.1, -0.05) is 19.1 Å². The van der Waals surface area contributed by atoms with Gasteiger partial charge in [-0.3, -0.25) is 0 Å². The lowest BCUT2D eigenvalue weighted by atomic mass is 10.1. The van der Waals surface area contributed by atoms with Crippen LogP contribution in [0.25, 0.3) is 0 Å². The largest absolute Gasteiger partial charge is 0.378 e. The third-order valence-corrected chi connectivity index (χ3v) is 1.85. The van der Waals surface area contributed by atoms with Crippen LogP contribution in [0.3, 0.4) is 0 Å². The Morgan fingerprint density at radius 1 is 1.44 bits per heavy atom. The molecular formula is C8H14O. The molecular weight excluding hydrogens is 112 g/mol. The fourth-order valence-electron chi connectivity index (χ4n) is 0.941. The van der Waals surface area contributed by atoms with Gasteiger partial charge in [-0.05, 0) is 19.3 Å². The summed E-state index contributed by atoms with van der Waals surface area (Å²) in [6, 6.07) is 0. The second-order valence-corrected chi connectivity index (χ2v) is 2.65. The van der Waals surface area contributed by atoms with Gasteiger partial charge in [0.25, 0.3) is 0 Å². The zero-order valence-electron chi connectivity index (χ0n) is 6.13. The third-order valence-electron chi connectivity index (χ3n) is 1.85. The lowest BCUT2D eigenvalue weighted by molar-refractivity contribution is 0.0510. The van der Waals surface area contributed by atoms with Crippen molar-refractivity contribution >= 4 is 0 Å². The smallest absolute Gasteiger partial charge is 0.0607 e. The van der Waals surface area contributed by atoms with Gasteiger partial charge in [-0.25, -0.2) is 0 Å². The van der Waals surface area contributed by atoms with Crippen molar-refractivity contribution in [3.05, 3.63) is 12.2 Å². The summed E-state index contributed by atoms with van der Waals surface area (Å²) in [5.74, 6) is 0.590. The van der Waals surface area contributed by atoms with Gasteiger partial charge in [-0.15, -0.1) is 0 Å². The molecule has 0 spiro atoms. The van der Waals surface area contributed by atoms with Gasteiger partial charge in [0.2, 0.25) is 0 Å². The van der Waals surface area contributed by atoms with Gasteiger partial charge in [0.15, 0.2) is 0 Å². The number of ether oxygens (including phenoxy) is 1. The highest BCUT2D eigenvalue weighted by Gasteiger charge is 2.10. The fourth-order valence-corrected chi connectivity index (χ4v) is 0.941. The van der Waals surface area contributed by atoms with Crippen LogP contribution >= 0.6 is 0 Å². The van der Waals surface area contributed by atoms with Crippen LogP contribution in [0.5, 0.6) is 0 Å². The standard InChI is InChI=1S/C8H14O/c1-7-5-3-4-6-9-8(7)2/h3,5,7-8H,4,6H2,1-2H3. The topological polar surface area (TPSA) is 9.23 Å². The lowest BCUT2D eigenvalue weighted by Crippen LogP contribution is -2.14. The Morgan fingerprint density at radius 2 is 2.22 bits per heavy atom. The molecule has 9 heavy (non-hydrogen) atoms. The summed E-state index contributed by atoms with van der Waals surface area (Å²) in [5.41, 5.74) is 0. The Hall–Kier alpha value is -0.300. The quantitative estimate of drug-likeness (QED) is 0.451. The molecule has 1 aliphatic rings. The molecule has 1 heterocycles. The molecule has 0 saturated carbocycles. The van der Waals surface area contributed by atoms with Crippen LogP contribution in [0.4, 0.5) is 0 Å². The first kappa shape index (κ1) is 6.81. The highest BCUT2D eigenvalue weighted by atomic mass is 16.5. The Bertz CT molecular complexity index is 107. The van der Waals surface area contributed by atoms with Gasteiger partial charge >= 0.3 is 0 Å². The molecule has 2 unspecified atom stereocenters. The van der Waals surface area contributed by atoms with Crippen molar-refractivity contribution in [3.8, 4) is 0 Å². The molecule has 0 N–H and O–H groups in total. The van der Waals surface area contributed by atoms with E-state index in [0.717, 1.165) is 13.0 Å². The van der Waals surface area contributed by atoms with Crippen LogP contribution in [0, 0.1) is 5.92 Å². The normalized spacial score (nSPS) is 36.2. The molecule has 1 aliphatic heterocycles. The van der Waals surface area contributed by atoms with Crippen molar-refractivity contribution in [3.63, 3.8) is 0 Å². The van der Waals surface area contributed by atoms with E-state index >= 15 is 0 Å². The molecule has 0 fully saturated rings. The number of rotatable bonds is 0. The van der Waals surface area contributed by atoms with E-state index in [1.807, 2.05) is 0 Å². The van der Waals surface area contributed by atoms with Crippen LogP contribution in [0.15, 0.2) is 12.2 Å². The van der Waals surface area contributed by atoms with E-state index in [1.165, 1.54) is 0 Å². The maximum Gasteiger partial charge on any atom is 0.0607 e. The second kappa shape index (κ2) is 3.02. The van der Waals surface area contributed by atoms with Gasteiger partial charge in [0.1, 0.15) is 0 Å². The van der Waals surface area contributed by atoms with Crippen LogP contribution in [0.1, 0.15) is 20.3 Å². The zero-order valence-corrected chi connectivity index (χ0v) is 6.13. The van der Waals surface area contributed by atoms with E-state index in [9.17, 15) is 0 Å². The van der Waals surface area contributed by atoms with E-state index in [2.05, 4.69) is 26.0 Å². The summed E-state index contributed by atoms with van der Waals surface area (Å²) in [5, 5.41) is 0. The van der Waals surface area contributed by atoms with Crippen molar-refractivity contribution in [2.75, 3.05) is 6.61 Å². The third kappa shape index (κ3) is 1.83.